The quantitative estimate of drug-likeness (QED) is 0.0803. The van der Waals surface area contributed by atoms with Crippen LogP contribution in [0.1, 0.15) is 74.7 Å². The molecule has 0 aliphatic carbocycles. The molecular weight excluding hydrogens is 875 g/mol. The van der Waals surface area contributed by atoms with Gasteiger partial charge in [0.2, 0.25) is 12.2 Å². The maximum Gasteiger partial charge on any atom is 0.349 e. The lowest BCUT2D eigenvalue weighted by molar-refractivity contribution is -0.337. The van der Waals surface area contributed by atoms with Gasteiger partial charge in [-0.1, -0.05) is 77.9 Å². The first-order valence-electron chi connectivity index (χ1n) is 21.6. The van der Waals surface area contributed by atoms with E-state index in [9.17, 15) is 24.0 Å². The minimum Gasteiger partial charge on any atom is -0.467 e. The molecule has 3 aliphatic heterocycles. The normalized spacial score (nSPS) is 27.5. The van der Waals surface area contributed by atoms with Crippen molar-refractivity contribution in [3.05, 3.63) is 112 Å². The zero-order valence-corrected chi connectivity index (χ0v) is 39.6. The Labute approximate surface area is 383 Å². The van der Waals surface area contributed by atoms with Crippen molar-refractivity contribution in [1.82, 2.24) is 5.32 Å². The number of methoxy groups -OCH3 is 2. The summed E-state index contributed by atoms with van der Waals surface area (Å²) >= 11 is 0. The minimum absolute atomic E-state index is 0.00945. The lowest BCUT2D eigenvalue weighted by atomic mass is 9.94. The molecule has 3 aliphatic rings. The number of esters is 3. The van der Waals surface area contributed by atoms with Crippen LogP contribution >= 0.6 is 0 Å². The second-order valence-corrected chi connectivity index (χ2v) is 23.3. The van der Waals surface area contributed by atoms with Gasteiger partial charge >= 0.3 is 32.1 Å². The number of carbonyl (C=O) groups excluding carboxylic acids is 4. The third-order valence-electron chi connectivity index (χ3n) is 11.9. The third-order valence-corrected chi connectivity index (χ3v) is 17.0. The summed E-state index contributed by atoms with van der Waals surface area (Å²) in [4.78, 5) is 67.4. The number of carbonyl (C=O) groups is 4. The van der Waals surface area contributed by atoms with E-state index in [0.717, 1.165) is 7.11 Å². The number of hydrogen-bond acceptors (Lipinski definition) is 16. The first kappa shape index (κ1) is 48.5. The molecule has 4 heterocycles. The van der Waals surface area contributed by atoms with Crippen molar-refractivity contribution in [3.8, 4) is 5.75 Å². The van der Waals surface area contributed by atoms with Gasteiger partial charge in [-0.15, -0.1) is 0 Å². The molecule has 17 nitrogen and oxygen atoms in total. The van der Waals surface area contributed by atoms with Gasteiger partial charge in [-0.05, 0) is 48.9 Å². The summed E-state index contributed by atoms with van der Waals surface area (Å²) in [5.41, 5.74) is 0.691. The van der Waals surface area contributed by atoms with Gasteiger partial charge < -0.3 is 56.5 Å². The van der Waals surface area contributed by atoms with E-state index in [0.29, 0.717) is 10.9 Å². The zero-order valence-electron chi connectivity index (χ0n) is 38.6. The Morgan fingerprint density at radius 3 is 1.91 bits per heavy atom. The van der Waals surface area contributed by atoms with Gasteiger partial charge in [0, 0.05) is 41.6 Å². The van der Waals surface area contributed by atoms with Crippen molar-refractivity contribution < 1.29 is 70.3 Å². The highest BCUT2D eigenvalue weighted by atomic mass is 28.4. The number of fused-ring (bicyclic) bond motifs is 2. The zero-order chi connectivity index (χ0) is 47.7. The molecule has 1 amide bonds. The van der Waals surface area contributed by atoms with Gasteiger partial charge in [-0.3, -0.25) is 4.79 Å². The summed E-state index contributed by atoms with van der Waals surface area (Å²) in [6, 6.07) is 21.3. The molecule has 0 unspecified atom stereocenters. The fourth-order valence-corrected chi connectivity index (χ4v) is 14.1. The monoisotopic (exact) mass is 931 g/mol. The van der Waals surface area contributed by atoms with Crippen LogP contribution in [0.2, 0.25) is 10.1 Å². The van der Waals surface area contributed by atoms with Crippen molar-refractivity contribution in [2.75, 3.05) is 20.8 Å². The first-order chi connectivity index (χ1) is 31.2. The summed E-state index contributed by atoms with van der Waals surface area (Å²) in [7, 11) is -0.940. The fourth-order valence-electron chi connectivity index (χ4n) is 9.11. The van der Waals surface area contributed by atoms with Crippen LogP contribution in [0.3, 0.4) is 0 Å². The highest BCUT2D eigenvalue weighted by Gasteiger charge is 2.66. The summed E-state index contributed by atoms with van der Waals surface area (Å²) in [5.74, 6) is -2.89. The molecule has 3 saturated heterocycles. The topological polar surface area (TPSA) is 203 Å². The maximum atomic E-state index is 14.1. The molecular formula is C48H57NO16Si. The van der Waals surface area contributed by atoms with Crippen LogP contribution < -0.4 is 15.7 Å². The predicted octanol–water partition coefficient (Wildman–Crippen LogP) is 5.92. The largest absolute Gasteiger partial charge is 0.467 e. The first-order valence-corrected chi connectivity index (χ1v) is 23.5. The molecule has 7 rings (SSSR count). The molecule has 0 bridgehead atoms. The lowest BCUT2D eigenvalue weighted by Gasteiger charge is -2.58. The third kappa shape index (κ3) is 9.81. The second kappa shape index (κ2) is 19.4. The van der Waals surface area contributed by atoms with Crippen LogP contribution in [0.5, 0.6) is 5.75 Å². The Morgan fingerprint density at radius 2 is 1.35 bits per heavy atom. The average Bonchev–Trinajstić information content (AvgIpc) is 3.27. The number of nitrogens with one attached hydrogen (secondary N) is 1. The highest BCUT2D eigenvalue weighted by Crippen LogP contribution is 2.55. The van der Waals surface area contributed by atoms with Crippen LogP contribution in [0, 0.1) is 6.92 Å². The van der Waals surface area contributed by atoms with Gasteiger partial charge in [-0.25, -0.2) is 19.2 Å². The van der Waals surface area contributed by atoms with Crippen molar-refractivity contribution in [2.45, 2.75) is 127 Å². The molecule has 1 aromatic heterocycles. The number of rotatable bonds is 11. The Bertz CT molecular complexity index is 2440. The molecule has 0 saturated carbocycles. The fraction of sp³-hybridized carbons (Fsp3) is 0.479. The molecule has 354 valence electrons. The van der Waals surface area contributed by atoms with Gasteiger partial charge in [0.05, 0.1) is 24.8 Å². The van der Waals surface area contributed by atoms with E-state index in [1.54, 1.807) is 55.5 Å². The SMILES string of the molecule is COC(=O)[C@H]1O[C@@H](O[C@@H]2[C@@H](NC(C)=O)[C@H](Oc3ccc4c(C)cc(=O)oc4c3)O[C@@H]3CO[Si](C(C)(C)C)(C(C)(C)C)O[C@@H]23)[C@H](OC(=O)c2ccccc2)[C@@H](OC(=O)c2ccccc2)[C@@H]1OC. The lowest BCUT2D eigenvalue weighted by Crippen LogP contribution is -2.75. The maximum absolute atomic E-state index is 14.1. The van der Waals surface area contributed by atoms with E-state index in [2.05, 4.69) is 5.32 Å². The van der Waals surface area contributed by atoms with Crippen molar-refractivity contribution in [1.29, 1.82) is 0 Å². The molecule has 3 fully saturated rings. The van der Waals surface area contributed by atoms with Crippen molar-refractivity contribution in [3.63, 3.8) is 0 Å². The summed E-state index contributed by atoms with van der Waals surface area (Å²) in [6.45, 7) is 15.3. The van der Waals surface area contributed by atoms with Crippen molar-refractivity contribution in [2.24, 2.45) is 0 Å². The van der Waals surface area contributed by atoms with Crippen LogP contribution in [0.4, 0.5) is 0 Å². The van der Waals surface area contributed by atoms with E-state index in [-0.39, 0.29) is 29.1 Å². The van der Waals surface area contributed by atoms with Crippen LogP contribution in [0.15, 0.2) is 94.1 Å². The van der Waals surface area contributed by atoms with Gasteiger partial charge in [0.25, 0.3) is 0 Å². The molecule has 0 radical (unpaired) electrons. The Morgan fingerprint density at radius 1 is 0.742 bits per heavy atom. The van der Waals surface area contributed by atoms with Crippen molar-refractivity contribution >= 4 is 43.3 Å². The van der Waals surface area contributed by atoms with E-state index in [1.807, 2.05) is 41.5 Å². The number of benzene rings is 3. The van der Waals surface area contributed by atoms with E-state index >= 15 is 0 Å². The van der Waals surface area contributed by atoms with Gasteiger partial charge in [0.1, 0.15) is 41.8 Å². The highest BCUT2D eigenvalue weighted by molar-refractivity contribution is 6.73. The van der Waals surface area contributed by atoms with Gasteiger partial charge in [-0.2, -0.15) is 0 Å². The molecule has 0 spiro atoms. The molecule has 10 atom stereocenters. The Balaban J connectivity index is 1.37. The average molecular weight is 932 g/mol. The standard InChI is InChI=1S/C48H57NO16Si/c1-26-23-34(51)59-32-24-30(21-22-31(26)32)58-45-35(49-27(2)50)37(36-33(60-45)25-57-66(65-36,47(3,4)5)48(6,7)8)63-46-41(62-43(53)29-19-15-12-16-20-29)39(38(55-9)40(64-46)44(54)56-10)61-42(52)28-17-13-11-14-18-28/h11-24,33,35-41,45-46H,25H2,1-10H3,(H,49,50)/t33-,35-,36-,37-,38+,39+,40+,41-,45-,46-/m1/s1. The second-order valence-electron chi connectivity index (χ2n) is 18.5. The van der Waals surface area contributed by atoms with E-state index in [1.165, 1.54) is 50.4 Å². The Kier molecular flexibility index (Phi) is 14.2. The number of aryl methyl sites for hydroxylation is 1. The molecule has 66 heavy (non-hydrogen) atoms. The minimum atomic E-state index is -3.37. The van der Waals surface area contributed by atoms with E-state index in [4.69, 9.17) is 51.2 Å². The predicted molar refractivity (Wildman–Crippen MR) is 238 cm³/mol. The number of amides is 1. The summed E-state index contributed by atoms with van der Waals surface area (Å²) in [6.07, 6.45) is -12.6. The van der Waals surface area contributed by atoms with E-state index < -0.39 is 109 Å². The number of ether oxygens (including phenoxy) is 8. The molecule has 3 aromatic carbocycles. The Hall–Kier alpha value is -5.47. The van der Waals surface area contributed by atoms with Crippen LogP contribution in [0.25, 0.3) is 11.0 Å². The summed E-state index contributed by atoms with van der Waals surface area (Å²) in [5, 5.41) is 2.53. The van der Waals surface area contributed by atoms with Crippen LogP contribution in [-0.2, 0) is 51.6 Å². The van der Waals surface area contributed by atoms with Crippen LogP contribution in [-0.4, -0.2) is 115 Å². The summed E-state index contributed by atoms with van der Waals surface area (Å²) < 4.78 is 69.6. The smallest absolute Gasteiger partial charge is 0.349 e. The molecule has 4 aromatic rings. The number of hydrogen-bond donors (Lipinski definition) is 1. The molecule has 1 N–H and O–H groups in total. The van der Waals surface area contributed by atoms with Gasteiger partial charge in [0.15, 0.2) is 24.6 Å². The molecule has 18 heteroatoms.